The molecule has 1 aromatic carbocycles. The molecule has 0 bridgehead atoms. The molecule has 0 N–H and O–H groups in total. The molecule has 2 aromatic rings. The summed E-state index contributed by atoms with van der Waals surface area (Å²) in [5.41, 5.74) is 2.18. The highest BCUT2D eigenvalue weighted by molar-refractivity contribution is 5.86. The van der Waals surface area contributed by atoms with Crippen LogP contribution in [-0.2, 0) is 4.74 Å². The molecule has 1 unspecified atom stereocenters. The Balaban J connectivity index is 1.30. The fourth-order valence-electron chi connectivity index (χ4n) is 4.30. The van der Waals surface area contributed by atoms with Crippen LogP contribution < -0.4 is 9.64 Å². The van der Waals surface area contributed by atoms with Crippen LogP contribution in [0.1, 0.15) is 25.7 Å². The molecule has 3 fully saturated rings. The van der Waals surface area contributed by atoms with E-state index >= 15 is 0 Å². The van der Waals surface area contributed by atoms with Gasteiger partial charge in [-0.25, -0.2) is 9.97 Å². The zero-order valence-corrected chi connectivity index (χ0v) is 15.8. The lowest BCUT2D eigenvalue weighted by molar-refractivity contribution is 0.139. The highest BCUT2D eigenvalue weighted by Gasteiger charge is 2.24. The highest BCUT2D eigenvalue weighted by atomic mass is 16.5. The standard InChI is InChI=1S/C21H28N4O2/c1-2-16(3-1)13-24-7-9-25(10-8-24)17-4-5-20-19(12-17)21(23-15-22-20)27-18-6-11-26-14-18/h4-5,12,15-16,18H,1-3,6-11,13-14H2. The Morgan fingerprint density at radius 1 is 1.07 bits per heavy atom. The Kier molecular flexibility index (Phi) is 4.84. The molecule has 1 atom stereocenters. The smallest absolute Gasteiger partial charge is 0.224 e. The monoisotopic (exact) mass is 368 g/mol. The van der Waals surface area contributed by atoms with Crippen LogP contribution in [0.3, 0.4) is 0 Å². The minimum atomic E-state index is 0.0989. The van der Waals surface area contributed by atoms with Gasteiger partial charge in [0.05, 0.1) is 24.1 Å². The van der Waals surface area contributed by atoms with Gasteiger partial charge in [0.1, 0.15) is 12.4 Å². The molecule has 1 saturated carbocycles. The number of aromatic nitrogens is 2. The van der Waals surface area contributed by atoms with Crippen LogP contribution in [0, 0.1) is 5.92 Å². The molecule has 1 aromatic heterocycles. The van der Waals surface area contributed by atoms with Crippen LogP contribution in [0.15, 0.2) is 24.5 Å². The number of hydrogen-bond acceptors (Lipinski definition) is 6. The van der Waals surface area contributed by atoms with Gasteiger partial charge in [-0.3, -0.25) is 4.90 Å². The Morgan fingerprint density at radius 2 is 1.96 bits per heavy atom. The van der Waals surface area contributed by atoms with Crippen LogP contribution in [0.5, 0.6) is 5.88 Å². The first-order valence-corrected chi connectivity index (χ1v) is 10.3. The minimum Gasteiger partial charge on any atom is -0.471 e. The third-order valence-electron chi connectivity index (χ3n) is 6.23. The highest BCUT2D eigenvalue weighted by Crippen LogP contribution is 2.30. The average Bonchev–Trinajstić information content (AvgIpc) is 3.18. The normalized spacial score (nSPS) is 24.3. The van der Waals surface area contributed by atoms with Crippen molar-refractivity contribution in [1.29, 1.82) is 0 Å². The van der Waals surface area contributed by atoms with Crippen molar-refractivity contribution in [3.05, 3.63) is 24.5 Å². The Morgan fingerprint density at radius 3 is 2.70 bits per heavy atom. The van der Waals surface area contributed by atoms with Crippen molar-refractivity contribution >= 4 is 16.6 Å². The lowest BCUT2D eigenvalue weighted by Crippen LogP contribution is -2.48. The molecular weight excluding hydrogens is 340 g/mol. The summed E-state index contributed by atoms with van der Waals surface area (Å²) in [6.07, 6.45) is 6.91. The van der Waals surface area contributed by atoms with E-state index in [1.54, 1.807) is 6.33 Å². The number of anilines is 1. The summed E-state index contributed by atoms with van der Waals surface area (Å²) in [5.74, 6) is 1.63. The number of nitrogens with zero attached hydrogens (tertiary/aromatic N) is 4. The molecule has 3 aliphatic rings. The summed E-state index contributed by atoms with van der Waals surface area (Å²) >= 11 is 0. The summed E-state index contributed by atoms with van der Waals surface area (Å²) in [5, 5.41) is 0.999. The van der Waals surface area contributed by atoms with Gasteiger partial charge in [-0.15, -0.1) is 0 Å². The molecule has 27 heavy (non-hydrogen) atoms. The Hall–Kier alpha value is -1.92. The van der Waals surface area contributed by atoms with Crippen molar-refractivity contribution in [3.8, 4) is 5.88 Å². The third-order valence-corrected chi connectivity index (χ3v) is 6.23. The Labute approximate surface area is 160 Å². The van der Waals surface area contributed by atoms with Crippen LogP contribution in [0.4, 0.5) is 5.69 Å². The third kappa shape index (κ3) is 3.73. The van der Waals surface area contributed by atoms with E-state index in [2.05, 4.69) is 38.0 Å². The van der Waals surface area contributed by atoms with Gasteiger partial charge in [-0.2, -0.15) is 0 Å². The summed E-state index contributed by atoms with van der Waals surface area (Å²) in [7, 11) is 0. The maximum Gasteiger partial charge on any atom is 0.224 e. The first-order valence-electron chi connectivity index (χ1n) is 10.3. The molecule has 0 radical (unpaired) electrons. The molecule has 6 nitrogen and oxygen atoms in total. The lowest BCUT2D eigenvalue weighted by atomic mass is 9.85. The van der Waals surface area contributed by atoms with E-state index in [4.69, 9.17) is 9.47 Å². The molecule has 144 valence electrons. The zero-order chi connectivity index (χ0) is 18.1. The van der Waals surface area contributed by atoms with Crippen molar-refractivity contribution in [2.24, 2.45) is 5.92 Å². The van der Waals surface area contributed by atoms with Crippen molar-refractivity contribution in [3.63, 3.8) is 0 Å². The molecule has 1 aliphatic carbocycles. The van der Waals surface area contributed by atoms with Gasteiger partial charge in [0.25, 0.3) is 0 Å². The summed E-state index contributed by atoms with van der Waals surface area (Å²) in [6, 6.07) is 6.46. The average molecular weight is 368 g/mol. The van der Waals surface area contributed by atoms with Gasteiger partial charge in [0, 0.05) is 44.8 Å². The van der Waals surface area contributed by atoms with Gasteiger partial charge >= 0.3 is 0 Å². The number of ether oxygens (including phenoxy) is 2. The van der Waals surface area contributed by atoms with E-state index in [1.807, 2.05) is 0 Å². The van der Waals surface area contributed by atoms with Crippen LogP contribution >= 0.6 is 0 Å². The second-order valence-corrected chi connectivity index (χ2v) is 8.07. The molecule has 0 spiro atoms. The maximum atomic E-state index is 6.11. The maximum absolute atomic E-state index is 6.11. The predicted octanol–water partition coefficient (Wildman–Crippen LogP) is 2.72. The van der Waals surface area contributed by atoms with Gasteiger partial charge in [-0.1, -0.05) is 6.42 Å². The largest absolute Gasteiger partial charge is 0.471 e. The van der Waals surface area contributed by atoms with E-state index in [-0.39, 0.29) is 6.10 Å². The van der Waals surface area contributed by atoms with E-state index < -0.39 is 0 Å². The molecule has 2 aliphatic heterocycles. The topological polar surface area (TPSA) is 50.7 Å². The summed E-state index contributed by atoms with van der Waals surface area (Å²) in [4.78, 5) is 13.9. The lowest BCUT2D eigenvalue weighted by Gasteiger charge is -2.39. The molecular formula is C21H28N4O2. The van der Waals surface area contributed by atoms with Crippen LogP contribution in [0.25, 0.3) is 10.9 Å². The fraction of sp³-hybridized carbons (Fsp3) is 0.619. The number of fused-ring (bicyclic) bond motifs is 1. The summed E-state index contributed by atoms with van der Waals surface area (Å²) < 4.78 is 11.5. The number of hydrogen-bond donors (Lipinski definition) is 0. The molecule has 0 amide bonds. The first kappa shape index (κ1) is 17.2. The van der Waals surface area contributed by atoms with Crippen molar-refractivity contribution in [1.82, 2.24) is 14.9 Å². The van der Waals surface area contributed by atoms with E-state index in [9.17, 15) is 0 Å². The number of piperazine rings is 1. The van der Waals surface area contributed by atoms with Gasteiger partial charge in [0.15, 0.2) is 0 Å². The Bertz CT molecular complexity index is 781. The minimum absolute atomic E-state index is 0.0989. The number of benzene rings is 1. The fourth-order valence-corrected chi connectivity index (χ4v) is 4.30. The van der Waals surface area contributed by atoms with E-state index in [1.165, 1.54) is 31.5 Å². The van der Waals surface area contributed by atoms with Crippen LogP contribution in [0.2, 0.25) is 0 Å². The second-order valence-electron chi connectivity index (χ2n) is 8.07. The van der Waals surface area contributed by atoms with Crippen molar-refractivity contribution in [2.75, 3.05) is 50.8 Å². The van der Waals surface area contributed by atoms with Gasteiger partial charge in [-0.05, 0) is 37.0 Å². The van der Waals surface area contributed by atoms with Crippen LogP contribution in [-0.4, -0.2) is 66.9 Å². The summed E-state index contributed by atoms with van der Waals surface area (Å²) in [6.45, 7) is 7.18. The quantitative estimate of drug-likeness (QED) is 0.809. The molecule has 2 saturated heterocycles. The van der Waals surface area contributed by atoms with Crippen molar-refractivity contribution < 1.29 is 9.47 Å². The zero-order valence-electron chi connectivity index (χ0n) is 15.8. The predicted molar refractivity (Wildman–Crippen MR) is 105 cm³/mol. The second kappa shape index (κ2) is 7.60. The first-order chi connectivity index (χ1) is 13.3. The molecule has 6 heteroatoms. The molecule has 3 heterocycles. The van der Waals surface area contributed by atoms with Gasteiger partial charge in [0.2, 0.25) is 5.88 Å². The molecule has 5 rings (SSSR count). The SMILES string of the molecule is c1nc(OC2CCOC2)c2cc(N3CCN(CC4CCC4)CC3)ccc2n1. The number of rotatable bonds is 5. The van der Waals surface area contributed by atoms with E-state index in [0.717, 1.165) is 56.0 Å². The van der Waals surface area contributed by atoms with Crippen molar-refractivity contribution in [2.45, 2.75) is 31.8 Å². The van der Waals surface area contributed by atoms with E-state index in [0.29, 0.717) is 12.5 Å². The van der Waals surface area contributed by atoms with Gasteiger partial charge < -0.3 is 14.4 Å².